The maximum atomic E-state index is 8.86. The van der Waals surface area contributed by atoms with Crippen molar-refractivity contribution in [1.82, 2.24) is 19.1 Å². The molecule has 6 nitrogen and oxygen atoms in total. The van der Waals surface area contributed by atoms with Crippen molar-refractivity contribution in [1.29, 1.82) is 0 Å². The number of hydrogen-bond donors (Lipinski definition) is 0. The number of imidazole rings is 1. The Morgan fingerprint density at radius 2 is 1.39 bits per heavy atom. The van der Waals surface area contributed by atoms with Gasteiger partial charge >= 0.3 is 0 Å². The van der Waals surface area contributed by atoms with Gasteiger partial charge in [0.1, 0.15) is 17.3 Å². The van der Waals surface area contributed by atoms with Gasteiger partial charge in [0, 0.05) is 34.9 Å². The van der Waals surface area contributed by atoms with Crippen LogP contribution in [0.3, 0.4) is 0 Å². The molecule has 0 N–H and O–H groups in total. The first-order chi connectivity index (χ1) is 33.9. The van der Waals surface area contributed by atoms with Crippen molar-refractivity contribution in [3.8, 4) is 45.3 Å². The van der Waals surface area contributed by atoms with E-state index < -0.39 is 60.4 Å². The second-order valence-corrected chi connectivity index (χ2v) is 16.1. The van der Waals surface area contributed by atoms with Crippen molar-refractivity contribution in [3.05, 3.63) is 199 Å². The second kappa shape index (κ2) is 15.7. The molecule has 0 saturated carbocycles. The first-order valence-corrected chi connectivity index (χ1v) is 20.3. The molecule has 6 aromatic carbocycles. The van der Waals surface area contributed by atoms with Gasteiger partial charge in [-0.2, -0.15) is 0 Å². The molecule has 0 atom stereocenters. The fraction of sp³-hybridized carbons (Fsp3) is 0.145. The van der Waals surface area contributed by atoms with Crippen molar-refractivity contribution in [3.63, 3.8) is 0 Å². The molecule has 0 aliphatic carbocycles. The van der Waals surface area contributed by atoms with Gasteiger partial charge < -0.3 is 13.9 Å². The van der Waals surface area contributed by atoms with Gasteiger partial charge in [-0.05, 0) is 101 Å². The fourth-order valence-corrected chi connectivity index (χ4v) is 8.12. The molecular weight excluding hydrogens is 747 g/mol. The van der Waals surface area contributed by atoms with Crippen LogP contribution in [0.1, 0.15) is 57.7 Å². The summed E-state index contributed by atoms with van der Waals surface area (Å²) in [6, 6.07) is 28.3. The Hall–Kier alpha value is -7.31. The Balaban J connectivity index is 1.00. The highest BCUT2D eigenvalue weighted by atomic mass is 16.5. The van der Waals surface area contributed by atoms with E-state index in [9.17, 15) is 0 Å². The predicted molar refractivity (Wildman–Crippen MR) is 248 cm³/mol. The van der Waals surface area contributed by atoms with Crippen LogP contribution in [0.2, 0.25) is 0 Å². The van der Waals surface area contributed by atoms with E-state index >= 15 is 0 Å². The first kappa shape index (κ1) is 28.2. The number of nitrogens with zero attached hydrogens (tertiary/aromatic N) is 5. The van der Waals surface area contributed by atoms with Gasteiger partial charge in [0.05, 0.1) is 48.0 Å². The molecule has 10 rings (SSSR count). The van der Waals surface area contributed by atoms with Gasteiger partial charge in [-0.25, -0.2) is 4.98 Å². The number of aromatic nitrogens is 5. The third-order valence-corrected chi connectivity index (χ3v) is 11.1. The SMILES string of the molecule is [2H]c1c([2H])c([2H])c(-c2cccc(-c3c([2H])c([2H])c([2H])c([2H])c3[2H])c2CCC[n+]2[c-]n(-c3cccc(Oc4ccc5c6cnc(C)cc6n(-c6cc(C(C)(C)C)ccn6)c5c4)c3)c3ccccc32)c([2H])c1[2H]. The Morgan fingerprint density at radius 1 is 0.689 bits per heavy atom. The van der Waals surface area contributed by atoms with Crippen LogP contribution in [0.15, 0.2) is 176 Å². The standard InChI is InChI=1S/C55H47N5O/c1-38-32-52-49(36-57-38)48-28-27-44(35-53(48)60(52)54-33-41(29-30-56-54)55(2,3)4)61-43-21-13-20-42(34-43)59-37-58(50-25-11-12-26-51(50)59)31-15-24-47-45(39-16-7-5-8-17-39)22-14-23-46(47)40-18-9-6-10-19-40/h5-14,16-23,25-30,32-36H,15,24,31H2,1-4H3/i5D,6D,7D,8D,9D,10D,16D,17D,18D,19D. The number of ether oxygens (including phenoxy) is 1. The molecule has 0 unspecified atom stereocenters. The molecule has 0 bridgehead atoms. The van der Waals surface area contributed by atoms with Crippen LogP contribution in [0.25, 0.3) is 66.6 Å². The maximum absolute atomic E-state index is 8.86. The van der Waals surface area contributed by atoms with E-state index in [-0.39, 0.29) is 23.0 Å². The summed E-state index contributed by atoms with van der Waals surface area (Å²) in [5.41, 5.74) is 7.54. The molecule has 4 heterocycles. The van der Waals surface area contributed by atoms with Gasteiger partial charge in [-0.3, -0.25) is 9.55 Å². The smallest absolute Gasteiger partial charge is 0.244 e. The first-order valence-electron chi connectivity index (χ1n) is 25.3. The lowest BCUT2D eigenvalue weighted by Gasteiger charge is -2.20. The average molecular weight is 804 g/mol. The van der Waals surface area contributed by atoms with Gasteiger partial charge in [0.25, 0.3) is 0 Å². The topological polar surface area (TPSA) is 48.8 Å². The summed E-state index contributed by atoms with van der Waals surface area (Å²) >= 11 is 0. The number of hydrogen-bond acceptors (Lipinski definition) is 3. The lowest BCUT2D eigenvalue weighted by Crippen LogP contribution is -2.33. The molecule has 298 valence electrons. The summed E-state index contributed by atoms with van der Waals surface area (Å²) in [4.78, 5) is 9.47. The quantitative estimate of drug-likeness (QED) is 0.102. The molecule has 0 spiro atoms. The molecular formula is C55H47N5O. The third kappa shape index (κ3) is 7.35. The predicted octanol–water partition coefficient (Wildman–Crippen LogP) is 13.0. The molecule has 61 heavy (non-hydrogen) atoms. The molecule has 6 heteroatoms. The van der Waals surface area contributed by atoms with Crippen LogP contribution in [0, 0.1) is 13.3 Å². The number of benzene rings is 6. The summed E-state index contributed by atoms with van der Waals surface area (Å²) < 4.78 is 98.4. The maximum Gasteiger partial charge on any atom is 0.244 e. The second-order valence-electron chi connectivity index (χ2n) is 16.1. The van der Waals surface area contributed by atoms with Gasteiger partial charge in [0.15, 0.2) is 0 Å². The summed E-state index contributed by atoms with van der Waals surface area (Å²) in [5, 5.41) is 2.04. The van der Waals surface area contributed by atoms with Crippen molar-refractivity contribution < 1.29 is 23.0 Å². The minimum absolute atomic E-state index is 0.0317. The molecule has 0 fully saturated rings. The summed E-state index contributed by atoms with van der Waals surface area (Å²) in [7, 11) is 0. The van der Waals surface area contributed by atoms with Crippen molar-refractivity contribution in [2.75, 3.05) is 0 Å². The summed E-state index contributed by atoms with van der Waals surface area (Å²) in [5.74, 6) is 2.05. The lowest BCUT2D eigenvalue weighted by atomic mass is 9.88. The lowest BCUT2D eigenvalue weighted by molar-refractivity contribution is -0.676. The van der Waals surface area contributed by atoms with Crippen LogP contribution in [-0.4, -0.2) is 19.1 Å². The van der Waals surface area contributed by atoms with E-state index in [0.717, 1.165) is 50.0 Å². The van der Waals surface area contributed by atoms with Crippen molar-refractivity contribution >= 4 is 32.8 Å². The Bertz CT molecular complexity index is 3660. The van der Waals surface area contributed by atoms with E-state index in [2.05, 4.69) is 60.9 Å². The highest BCUT2D eigenvalue weighted by Gasteiger charge is 2.20. The van der Waals surface area contributed by atoms with Crippen LogP contribution >= 0.6 is 0 Å². The van der Waals surface area contributed by atoms with E-state index in [1.165, 1.54) is 5.56 Å². The minimum Gasteiger partial charge on any atom is -0.458 e. The highest BCUT2D eigenvalue weighted by molar-refractivity contribution is 6.09. The van der Waals surface area contributed by atoms with Crippen LogP contribution < -0.4 is 9.30 Å². The van der Waals surface area contributed by atoms with E-state index in [0.29, 0.717) is 41.2 Å². The molecule has 0 saturated heterocycles. The number of para-hydroxylation sites is 2. The Labute approximate surface area is 371 Å². The number of pyridine rings is 2. The van der Waals surface area contributed by atoms with Crippen molar-refractivity contribution in [2.24, 2.45) is 0 Å². The summed E-state index contributed by atoms with van der Waals surface area (Å²) in [6.45, 7) is 8.96. The van der Waals surface area contributed by atoms with E-state index in [1.807, 2.05) is 89.1 Å². The largest absolute Gasteiger partial charge is 0.458 e. The zero-order valence-corrected chi connectivity index (χ0v) is 34.2. The minimum atomic E-state index is -0.530. The van der Waals surface area contributed by atoms with Crippen LogP contribution in [0.5, 0.6) is 11.5 Å². The molecule has 0 radical (unpaired) electrons. The molecule has 0 aliphatic rings. The number of aryl methyl sites for hydroxylation is 2. The molecule has 10 aromatic rings. The van der Waals surface area contributed by atoms with Gasteiger partial charge in [-0.15, -0.1) is 0 Å². The molecule has 0 amide bonds. The summed E-state index contributed by atoms with van der Waals surface area (Å²) in [6.07, 6.45) is 7.99. The molecule has 0 aliphatic heterocycles. The molecule has 4 aromatic heterocycles. The van der Waals surface area contributed by atoms with Gasteiger partial charge in [0.2, 0.25) is 6.33 Å². The highest BCUT2D eigenvalue weighted by Crippen LogP contribution is 2.37. The average Bonchev–Trinajstić information content (AvgIpc) is 3.89. The zero-order chi connectivity index (χ0) is 50.2. The number of rotatable bonds is 10. The monoisotopic (exact) mass is 803 g/mol. The zero-order valence-electron chi connectivity index (χ0n) is 44.2. The van der Waals surface area contributed by atoms with Gasteiger partial charge in [-0.1, -0.05) is 136 Å². The number of fused-ring (bicyclic) bond motifs is 4. The normalized spacial score (nSPS) is 14.1. The Kier molecular flexibility index (Phi) is 7.26. The van der Waals surface area contributed by atoms with Crippen molar-refractivity contribution in [2.45, 2.75) is 52.5 Å². The third-order valence-electron chi connectivity index (χ3n) is 11.1. The van der Waals surface area contributed by atoms with E-state index in [4.69, 9.17) is 23.4 Å². The van der Waals surface area contributed by atoms with E-state index in [1.54, 1.807) is 18.2 Å². The van der Waals surface area contributed by atoms with Crippen LogP contribution in [0.4, 0.5) is 0 Å². The van der Waals surface area contributed by atoms with Crippen LogP contribution in [-0.2, 0) is 18.4 Å². The fourth-order valence-electron chi connectivity index (χ4n) is 8.12. The Morgan fingerprint density at radius 3 is 2.15 bits per heavy atom.